The second-order valence-electron chi connectivity index (χ2n) is 5.81. The number of hydroxylamine groups is 2. The SMILES string of the molecule is CC(C#Cc1cccc(C2CC(c3ccc(F)cc3)NO2)c1)NO. The molecule has 24 heavy (non-hydrogen) atoms. The molecule has 3 rings (SSSR count). The molecule has 1 heterocycles. The third-order valence-electron chi connectivity index (χ3n) is 3.96. The first-order valence-electron chi connectivity index (χ1n) is 7.83. The minimum absolute atomic E-state index is 0.0314. The van der Waals surface area contributed by atoms with Crippen LogP contribution in [-0.2, 0) is 4.84 Å². The summed E-state index contributed by atoms with van der Waals surface area (Å²) >= 11 is 0. The van der Waals surface area contributed by atoms with E-state index in [1.165, 1.54) is 12.1 Å². The Morgan fingerprint density at radius 3 is 2.79 bits per heavy atom. The normalized spacial score (nSPS) is 21.1. The van der Waals surface area contributed by atoms with E-state index < -0.39 is 0 Å². The van der Waals surface area contributed by atoms with E-state index in [0.29, 0.717) is 0 Å². The maximum atomic E-state index is 13.0. The lowest BCUT2D eigenvalue weighted by molar-refractivity contribution is 0.0255. The maximum absolute atomic E-state index is 13.0. The molecule has 1 fully saturated rings. The van der Waals surface area contributed by atoms with Crippen molar-refractivity contribution < 1.29 is 14.4 Å². The van der Waals surface area contributed by atoms with Crippen molar-refractivity contribution in [2.75, 3.05) is 0 Å². The van der Waals surface area contributed by atoms with Crippen molar-refractivity contribution in [2.24, 2.45) is 0 Å². The van der Waals surface area contributed by atoms with Gasteiger partial charge in [0.05, 0.1) is 12.1 Å². The third kappa shape index (κ3) is 3.99. The van der Waals surface area contributed by atoms with Gasteiger partial charge in [0.25, 0.3) is 0 Å². The highest BCUT2D eigenvalue weighted by Gasteiger charge is 2.27. The minimum atomic E-state index is -0.291. The van der Waals surface area contributed by atoms with Crippen LogP contribution in [0.25, 0.3) is 0 Å². The van der Waals surface area contributed by atoms with Crippen LogP contribution in [0, 0.1) is 17.7 Å². The van der Waals surface area contributed by atoms with E-state index in [1.807, 2.05) is 24.3 Å². The van der Waals surface area contributed by atoms with E-state index in [-0.39, 0.29) is 24.0 Å². The Kier molecular flexibility index (Phi) is 5.24. The molecule has 0 amide bonds. The molecule has 2 aromatic rings. The topological polar surface area (TPSA) is 53.5 Å². The Hall–Kier alpha value is -2.23. The molecule has 1 aliphatic heterocycles. The van der Waals surface area contributed by atoms with Crippen LogP contribution in [0.1, 0.15) is 42.2 Å². The zero-order valence-corrected chi connectivity index (χ0v) is 13.3. The van der Waals surface area contributed by atoms with E-state index >= 15 is 0 Å². The van der Waals surface area contributed by atoms with Gasteiger partial charge in [-0.1, -0.05) is 36.1 Å². The smallest absolute Gasteiger partial charge is 0.123 e. The van der Waals surface area contributed by atoms with Gasteiger partial charge in [0, 0.05) is 12.0 Å². The zero-order chi connectivity index (χ0) is 16.9. The first-order chi connectivity index (χ1) is 11.7. The van der Waals surface area contributed by atoms with Gasteiger partial charge in [-0.2, -0.15) is 11.0 Å². The Morgan fingerprint density at radius 2 is 2.04 bits per heavy atom. The van der Waals surface area contributed by atoms with E-state index in [0.717, 1.165) is 23.1 Å². The Morgan fingerprint density at radius 1 is 1.25 bits per heavy atom. The second kappa shape index (κ2) is 7.56. The number of hydrogen-bond acceptors (Lipinski definition) is 4. The van der Waals surface area contributed by atoms with Gasteiger partial charge in [0.15, 0.2) is 0 Å². The summed E-state index contributed by atoms with van der Waals surface area (Å²) in [7, 11) is 0. The Balaban J connectivity index is 1.71. The van der Waals surface area contributed by atoms with Crippen molar-refractivity contribution in [1.82, 2.24) is 11.0 Å². The highest BCUT2D eigenvalue weighted by molar-refractivity contribution is 5.39. The van der Waals surface area contributed by atoms with Crippen molar-refractivity contribution in [3.63, 3.8) is 0 Å². The van der Waals surface area contributed by atoms with Crippen molar-refractivity contribution in [3.05, 3.63) is 71.0 Å². The molecule has 2 aromatic carbocycles. The van der Waals surface area contributed by atoms with Crippen molar-refractivity contribution >= 4 is 0 Å². The quantitative estimate of drug-likeness (QED) is 0.599. The molecule has 5 heteroatoms. The van der Waals surface area contributed by atoms with Gasteiger partial charge in [-0.05, 0) is 42.3 Å². The fraction of sp³-hybridized carbons (Fsp3) is 0.263. The van der Waals surface area contributed by atoms with Gasteiger partial charge in [-0.3, -0.25) is 4.84 Å². The summed E-state index contributed by atoms with van der Waals surface area (Å²) in [5, 5.41) is 8.79. The fourth-order valence-corrected chi connectivity index (χ4v) is 2.62. The Bertz CT molecular complexity index is 752. The third-order valence-corrected chi connectivity index (χ3v) is 3.96. The van der Waals surface area contributed by atoms with Crippen LogP contribution in [-0.4, -0.2) is 11.2 Å². The largest absolute Gasteiger partial charge is 0.316 e. The average Bonchev–Trinajstić information content (AvgIpc) is 3.10. The molecule has 1 saturated heterocycles. The second-order valence-corrected chi connectivity index (χ2v) is 5.81. The van der Waals surface area contributed by atoms with Crippen molar-refractivity contribution in [1.29, 1.82) is 0 Å². The van der Waals surface area contributed by atoms with Gasteiger partial charge in [0.2, 0.25) is 0 Å². The maximum Gasteiger partial charge on any atom is 0.123 e. The molecular weight excluding hydrogens is 307 g/mol. The molecule has 124 valence electrons. The lowest BCUT2D eigenvalue weighted by Crippen LogP contribution is -2.19. The van der Waals surface area contributed by atoms with Crippen LogP contribution in [0.5, 0.6) is 0 Å². The number of halogens is 1. The minimum Gasteiger partial charge on any atom is -0.316 e. The number of rotatable bonds is 3. The molecular formula is C19H19FN2O2. The van der Waals surface area contributed by atoms with Crippen LogP contribution in [0.15, 0.2) is 48.5 Å². The van der Waals surface area contributed by atoms with Crippen LogP contribution in [0.3, 0.4) is 0 Å². The predicted octanol–water partition coefficient (Wildman–Crippen LogP) is 3.25. The van der Waals surface area contributed by atoms with E-state index in [1.54, 1.807) is 19.1 Å². The van der Waals surface area contributed by atoms with Crippen LogP contribution < -0.4 is 11.0 Å². The summed E-state index contributed by atoms with van der Waals surface area (Å²) in [5.74, 6) is 5.68. The van der Waals surface area contributed by atoms with Gasteiger partial charge >= 0.3 is 0 Å². The van der Waals surface area contributed by atoms with Crippen LogP contribution in [0.2, 0.25) is 0 Å². The van der Waals surface area contributed by atoms with Gasteiger partial charge in [0.1, 0.15) is 11.9 Å². The molecule has 3 unspecified atom stereocenters. The van der Waals surface area contributed by atoms with Gasteiger partial charge in [-0.25, -0.2) is 4.39 Å². The highest BCUT2D eigenvalue weighted by atomic mass is 19.1. The number of nitrogens with one attached hydrogen (secondary N) is 2. The standard InChI is InChI=1S/C19H19FN2O2/c1-13(21-23)5-6-14-3-2-4-16(11-14)19-12-18(22-24-19)15-7-9-17(20)10-8-15/h2-4,7-11,13,18-19,21-23H,12H2,1H3. The number of benzene rings is 2. The van der Waals surface area contributed by atoms with Gasteiger partial charge < -0.3 is 5.21 Å². The first kappa shape index (κ1) is 16.6. The lowest BCUT2D eigenvalue weighted by Gasteiger charge is -2.09. The molecule has 0 saturated carbocycles. The molecule has 4 nitrogen and oxygen atoms in total. The molecule has 1 aliphatic rings. The summed E-state index contributed by atoms with van der Waals surface area (Å²) in [6.07, 6.45) is 0.673. The van der Waals surface area contributed by atoms with Crippen LogP contribution >= 0.6 is 0 Å². The Labute approximate surface area is 140 Å². The summed E-state index contributed by atoms with van der Waals surface area (Å²) in [4.78, 5) is 5.69. The van der Waals surface area contributed by atoms with Crippen LogP contribution in [0.4, 0.5) is 4.39 Å². The molecule has 0 spiro atoms. The molecule has 0 aromatic heterocycles. The zero-order valence-electron chi connectivity index (χ0n) is 13.3. The molecule has 0 aliphatic carbocycles. The van der Waals surface area contributed by atoms with Crippen molar-refractivity contribution in [2.45, 2.75) is 31.5 Å². The number of hydrogen-bond donors (Lipinski definition) is 3. The van der Waals surface area contributed by atoms with Crippen molar-refractivity contribution in [3.8, 4) is 11.8 Å². The molecule has 0 bridgehead atoms. The monoisotopic (exact) mass is 326 g/mol. The molecule has 0 radical (unpaired) electrons. The van der Waals surface area contributed by atoms with E-state index in [4.69, 9.17) is 10.0 Å². The molecule has 3 atom stereocenters. The summed E-state index contributed by atoms with van der Waals surface area (Å²) in [6, 6.07) is 14.0. The fourth-order valence-electron chi connectivity index (χ4n) is 2.62. The molecule has 3 N–H and O–H groups in total. The first-order valence-corrected chi connectivity index (χ1v) is 7.83. The van der Waals surface area contributed by atoms with E-state index in [9.17, 15) is 4.39 Å². The summed E-state index contributed by atoms with van der Waals surface area (Å²) < 4.78 is 13.0. The highest BCUT2D eigenvalue weighted by Crippen LogP contribution is 2.34. The van der Waals surface area contributed by atoms with Gasteiger partial charge in [-0.15, -0.1) is 0 Å². The lowest BCUT2D eigenvalue weighted by atomic mass is 9.97. The summed E-state index contributed by atoms with van der Waals surface area (Å²) in [6.45, 7) is 1.77. The van der Waals surface area contributed by atoms with E-state index in [2.05, 4.69) is 22.8 Å². The average molecular weight is 326 g/mol. The summed E-state index contributed by atoms with van der Waals surface area (Å²) in [5.41, 5.74) is 8.01. The predicted molar refractivity (Wildman–Crippen MR) is 88.4 cm³/mol.